The second-order valence-electron chi connectivity index (χ2n) is 5.01. The van der Waals surface area contributed by atoms with Crippen molar-refractivity contribution in [1.29, 1.82) is 0 Å². The van der Waals surface area contributed by atoms with Crippen LogP contribution in [-0.4, -0.2) is 21.5 Å². The first-order valence-corrected chi connectivity index (χ1v) is 6.97. The van der Waals surface area contributed by atoms with Crippen molar-refractivity contribution in [3.8, 4) is 0 Å². The van der Waals surface area contributed by atoms with E-state index in [-0.39, 0.29) is 0 Å². The number of hydrogen-bond acceptors (Lipinski definition) is 3. The summed E-state index contributed by atoms with van der Waals surface area (Å²) >= 11 is 0. The number of nitrogens with one attached hydrogen (secondary N) is 1. The SMILES string of the molecule is CCCCC(CC)Cn1nnc2c1CCNC2. The smallest absolute Gasteiger partial charge is 0.0997 e. The molecule has 0 aromatic carbocycles. The Hall–Kier alpha value is -0.900. The van der Waals surface area contributed by atoms with Gasteiger partial charge in [-0.2, -0.15) is 0 Å². The minimum Gasteiger partial charge on any atom is -0.311 e. The maximum absolute atomic E-state index is 4.32. The predicted octanol–water partition coefficient (Wildman–Crippen LogP) is 2.14. The van der Waals surface area contributed by atoms with Gasteiger partial charge in [-0.15, -0.1) is 5.10 Å². The zero-order valence-electron chi connectivity index (χ0n) is 11.1. The summed E-state index contributed by atoms with van der Waals surface area (Å²) < 4.78 is 2.15. The average molecular weight is 236 g/mol. The topological polar surface area (TPSA) is 42.7 Å². The summed E-state index contributed by atoms with van der Waals surface area (Å²) in [6, 6.07) is 0. The van der Waals surface area contributed by atoms with Crippen molar-refractivity contribution < 1.29 is 0 Å². The van der Waals surface area contributed by atoms with E-state index in [9.17, 15) is 0 Å². The lowest BCUT2D eigenvalue weighted by Gasteiger charge is -2.18. The molecule has 1 unspecified atom stereocenters. The molecule has 4 heteroatoms. The molecule has 96 valence electrons. The summed E-state index contributed by atoms with van der Waals surface area (Å²) in [6.45, 7) is 7.55. The summed E-state index contributed by atoms with van der Waals surface area (Å²) in [5, 5.41) is 11.9. The lowest BCUT2D eigenvalue weighted by Crippen LogP contribution is -2.26. The van der Waals surface area contributed by atoms with Crippen molar-refractivity contribution >= 4 is 0 Å². The molecule has 0 fully saturated rings. The summed E-state index contributed by atoms with van der Waals surface area (Å²) in [5.74, 6) is 0.760. The van der Waals surface area contributed by atoms with Gasteiger partial charge in [-0.25, -0.2) is 4.68 Å². The quantitative estimate of drug-likeness (QED) is 0.823. The van der Waals surface area contributed by atoms with Gasteiger partial charge in [-0.1, -0.05) is 38.3 Å². The minimum absolute atomic E-state index is 0.760. The number of unbranched alkanes of at least 4 members (excludes halogenated alkanes) is 1. The Morgan fingerprint density at radius 2 is 2.29 bits per heavy atom. The highest BCUT2D eigenvalue weighted by molar-refractivity contribution is 5.13. The second-order valence-corrected chi connectivity index (χ2v) is 5.01. The van der Waals surface area contributed by atoms with Crippen LogP contribution in [-0.2, 0) is 19.5 Å². The minimum atomic E-state index is 0.760. The average Bonchev–Trinajstić information content (AvgIpc) is 2.78. The zero-order valence-corrected chi connectivity index (χ0v) is 11.1. The van der Waals surface area contributed by atoms with Crippen molar-refractivity contribution in [1.82, 2.24) is 20.3 Å². The molecule has 1 aromatic rings. The molecule has 1 atom stereocenters. The number of fused-ring (bicyclic) bond motifs is 1. The van der Waals surface area contributed by atoms with Crippen LogP contribution < -0.4 is 5.32 Å². The van der Waals surface area contributed by atoms with Crippen LogP contribution in [0.1, 0.15) is 50.9 Å². The summed E-state index contributed by atoms with van der Waals surface area (Å²) in [6.07, 6.45) is 6.26. The molecule has 0 bridgehead atoms. The van der Waals surface area contributed by atoms with Gasteiger partial charge in [0.05, 0.1) is 11.4 Å². The molecule has 0 aliphatic carbocycles. The van der Waals surface area contributed by atoms with E-state index in [2.05, 4.69) is 34.2 Å². The lowest BCUT2D eigenvalue weighted by atomic mass is 9.99. The fraction of sp³-hybridized carbons (Fsp3) is 0.846. The van der Waals surface area contributed by atoms with Gasteiger partial charge in [0.2, 0.25) is 0 Å². The molecule has 0 saturated carbocycles. The summed E-state index contributed by atoms with van der Waals surface area (Å²) in [7, 11) is 0. The molecular formula is C13H24N4. The summed E-state index contributed by atoms with van der Waals surface area (Å²) in [5.41, 5.74) is 2.51. The number of hydrogen-bond donors (Lipinski definition) is 1. The Balaban J connectivity index is 1.99. The van der Waals surface area contributed by atoms with E-state index in [1.807, 2.05) is 0 Å². The van der Waals surface area contributed by atoms with Gasteiger partial charge < -0.3 is 5.32 Å². The molecule has 2 heterocycles. The Kier molecular flexibility index (Phi) is 4.54. The van der Waals surface area contributed by atoms with Crippen LogP contribution in [0.2, 0.25) is 0 Å². The van der Waals surface area contributed by atoms with Gasteiger partial charge >= 0.3 is 0 Å². The van der Waals surface area contributed by atoms with Gasteiger partial charge in [0.1, 0.15) is 0 Å². The van der Waals surface area contributed by atoms with E-state index in [4.69, 9.17) is 0 Å². The third-order valence-corrected chi connectivity index (χ3v) is 3.72. The molecular weight excluding hydrogens is 212 g/mol. The van der Waals surface area contributed by atoms with E-state index in [0.717, 1.165) is 37.7 Å². The first-order valence-electron chi connectivity index (χ1n) is 6.97. The van der Waals surface area contributed by atoms with Gasteiger partial charge in [0, 0.05) is 26.1 Å². The molecule has 1 aromatic heterocycles. The van der Waals surface area contributed by atoms with Crippen molar-refractivity contribution in [2.75, 3.05) is 6.54 Å². The monoisotopic (exact) mass is 236 g/mol. The van der Waals surface area contributed by atoms with Crippen molar-refractivity contribution in [2.45, 2.75) is 59.0 Å². The van der Waals surface area contributed by atoms with Crippen LogP contribution in [0, 0.1) is 5.92 Å². The maximum atomic E-state index is 4.32. The Morgan fingerprint density at radius 1 is 1.41 bits per heavy atom. The van der Waals surface area contributed by atoms with Crippen LogP contribution in [0.15, 0.2) is 0 Å². The number of aromatic nitrogens is 3. The molecule has 0 spiro atoms. The largest absolute Gasteiger partial charge is 0.311 e. The Bertz CT molecular complexity index is 345. The van der Waals surface area contributed by atoms with E-state index < -0.39 is 0 Å². The number of nitrogens with zero attached hydrogens (tertiary/aromatic N) is 3. The third-order valence-electron chi connectivity index (χ3n) is 3.72. The van der Waals surface area contributed by atoms with E-state index >= 15 is 0 Å². The van der Waals surface area contributed by atoms with Gasteiger partial charge in [0.25, 0.3) is 0 Å². The van der Waals surface area contributed by atoms with Crippen molar-refractivity contribution in [3.63, 3.8) is 0 Å². The van der Waals surface area contributed by atoms with Crippen LogP contribution in [0.25, 0.3) is 0 Å². The predicted molar refractivity (Wildman–Crippen MR) is 68.7 cm³/mol. The van der Waals surface area contributed by atoms with Crippen LogP contribution in [0.3, 0.4) is 0 Å². The lowest BCUT2D eigenvalue weighted by molar-refractivity contribution is 0.360. The van der Waals surface area contributed by atoms with Gasteiger partial charge in [-0.3, -0.25) is 0 Å². The molecule has 1 aliphatic heterocycles. The van der Waals surface area contributed by atoms with E-state index in [0.29, 0.717) is 0 Å². The number of rotatable bonds is 6. The molecule has 4 nitrogen and oxygen atoms in total. The van der Waals surface area contributed by atoms with Crippen molar-refractivity contribution in [2.24, 2.45) is 5.92 Å². The van der Waals surface area contributed by atoms with E-state index in [1.165, 1.54) is 31.4 Å². The molecule has 1 aliphatic rings. The molecule has 0 radical (unpaired) electrons. The fourth-order valence-corrected chi connectivity index (χ4v) is 2.50. The van der Waals surface area contributed by atoms with Gasteiger partial charge in [0.15, 0.2) is 0 Å². The first kappa shape index (κ1) is 12.6. The molecule has 2 rings (SSSR count). The van der Waals surface area contributed by atoms with Gasteiger partial charge in [-0.05, 0) is 12.3 Å². The highest BCUT2D eigenvalue weighted by Gasteiger charge is 2.18. The molecule has 17 heavy (non-hydrogen) atoms. The first-order chi connectivity index (χ1) is 8.35. The Morgan fingerprint density at radius 3 is 3.06 bits per heavy atom. The highest BCUT2D eigenvalue weighted by atomic mass is 15.4. The molecule has 0 saturated heterocycles. The van der Waals surface area contributed by atoms with Crippen LogP contribution in [0.5, 0.6) is 0 Å². The standard InChI is InChI=1S/C13H24N4/c1-3-5-6-11(4-2)10-17-13-7-8-14-9-12(13)15-16-17/h11,14H,3-10H2,1-2H3. The highest BCUT2D eigenvalue weighted by Crippen LogP contribution is 2.18. The van der Waals surface area contributed by atoms with Crippen LogP contribution >= 0.6 is 0 Å². The van der Waals surface area contributed by atoms with Crippen LogP contribution in [0.4, 0.5) is 0 Å². The van der Waals surface area contributed by atoms with Crippen molar-refractivity contribution in [3.05, 3.63) is 11.4 Å². The third kappa shape index (κ3) is 3.06. The zero-order chi connectivity index (χ0) is 12.1. The maximum Gasteiger partial charge on any atom is 0.0997 e. The van der Waals surface area contributed by atoms with E-state index in [1.54, 1.807) is 0 Å². The normalized spacial score (nSPS) is 16.8. The molecule has 1 N–H and O–H groups in total. The Labute approximate surface area is 104 Å². The summed E-state index contributed by atoms with van der Waals surface area (Å²) in [4.78, 5) is 0. The molecule has 0 amide bonds. The fourth-order valence-electron chi connectivity index (χ4n) is 2.50. The second kappa shape index (κ2) is 6.15.